The Balaban J connectivity index is 2.02. The Hall–Kier alpha value is -2.55. The predicted molar refractivity (Wildman–Crippen MR) is 117 cm³/mol. The Morgan fingerprint density at radius 3 is 2.56 bits per heavy atom. The van der Waals surface area contributed by atoms with Crippen LogP contribution >= 0.6 is 0 Å². The highest BCUT2D eigenvalue weighted by molar-refractivity contribution is 5.90. The van der Waals surface area contributed by atoms with Gasteiger partial charge in [-0.3, -0.25) is 4.99 Å². The molecule has 0 saturated heterocycles. The van der Waals surface area contributed by atoms with Crippen LogP contribution in [0.25, 0.3) is 5.57 Å². The summed E-state index contributed by atoms with van der Waals surface area (Å²) >= 11 is 0. The van der Waals surface area contributed by atoms with Gasteiger partial charge in [-0.05, 0) is 82.5 Å². The molecule has 2 aromatic rings. The van der Waals surface area contributed by atoms with Gasteiger partial charge in [0.15, 0.2) is 0 Å². The number of likely N-dealkylation sites (N-methyl/N-ethyl adjacent to an activating group) is 1. The van der Waals surface area contributed by atoms with Crippen LogP contribution in [0.1, 0.15) is 51.3 Å². The Kier molecular flexibility index (Phi) is 5.41. The van der Waals surface area contributed by atoms with Crippen molar-refractivity contribution >= 4 is 23.2 Å². The number of fused-ring (bicyclic) bond motifs is 1. The molecule has 0 spiro atoms. The summed E-state index contributed by atoms with van der Waals surface area (Å²) in [4.78, 5) is 7.18. The highest BCUT2D eigenvalue weighted by atomic mass is 16.5. The number of hydrogen-bond acceptors (Lipinski definition) is 3. The quantitative estimate of drug-likeness (QED) is 0.595. The lowest BCUT2D eigenvalue weighted by molar-refractivity contribution is 0.341. The van der Waals surface area contributed by atoms with Crippen molar-refractivity contribution in [2.24, 2.45) is 4.99 Å². The molecule has 3 nitrogen and oxygen atoms in total. The first kappa shape index (κ1) is 19.2. The standard InChI is InChI=1S/C24H30N2O/c1-7-26-22-13-17(3)19(14-20(22)18(4)15-24(26,5)6)16-25-21-11-9-10-12-23(21)27-8-2/h9-16H,7-8H2,1-6H3. The van der Waals surface area contributed by atoms with Crippen molar-refractivity contribution < 1.29 is 4.74 Å². The largest absolute Gasteiger partial charge is 0.492 e. The third kappa shape index (κ3) is 3.78. The van der Waals surface area contributed by atoms with E-state index >= 15 is 0 Å². The van der Waals surface area contributed by atoms with Crippen LogP contribution in [-0.4, -0.2) is 24.9 Å². The molecular formula is C24H30N2O. The van der Waals surface area contributed by atoms with Crippen LogP contribution in [0.2, 0.25) is 0 Å². The van der Waals surface area contributed by atoms with E-state index in [1.54, 1.807) is 0 Å². The number of rotatable bonds is 5. The maximum absolute atomic E-state index is 5.69. The van der Waals surface area contributed by atoms with E-state index in [1.807, 2.05) is 37.4 Å². The molecule has 0 unspecified atom stereocenters. The van der Waals surface area contributed by atoms with Crippen molar-refractivity contribution in [2.45, 2.75) is 47.1 Å². The maximum atomic E-state index is 5.69. The van der Waals surface area contributed by atoms with E-state index < -0.39 is 0 Å². The molecule has 0 aromatic heterocycles. The summed E-state index contributed by atoms with van der Waals surface area (Å²) in [6.45, 7) is 14.7. The van der Waals surface area contributed by atoms with Crippen molar-refractivity contribution in [3.63, 3.8) is 0 Å². The molecule has 0 saturated carbocycles. The molecule has 0 amide bonds. The molecule has 1 aliphatic heterocycles. The predicted octanol–water partition coefficient (Wildman–Crippen LogP) is 6.17. The molecule has 1 aliphatic rings. The lowest BCUT2D eigenvalue weighted by Crippen LogP contribution is -2.45. The summed E-state index contributed by atoms with van der Waals surface area (Å²) in [5.41, 5.74) is 7.20. The van der Waals surface area contributed by atoms with Crippen LogP contribution < -0.4 is 9.64 Å². The second kappa shape index (κ2) is 7.59. The monoisotopic (exact) mass is 362 g/mol. The lowest BCUT2D eigenvalue weighted by Gasteiger charge is -2.43. The third-order valence-corrected chi connectivity index (χ3v) is 5.19. The average Bonchev–Trinajstić information content (AvgIpc) is 2.61. The zero-order chi connectivity index (χ0) is 19.6. The highest BCUT2D eigenvalue weighted by Crippen LogP contribution is 2.40. The highest BCUT2D eigenvalue weighted by Gasteiger charge is 2.30. The van der Waals surface area contributed by atoms with E-state index in [0.717, 1.165) is 23.5 Å². The first-order chi connectivity index (χ1) is 12.9. The van der Waals surface area contributed by atoms with Gasteiger partial charge in [-0.2, -0.15) is 0 Å². The van der Waals surface area contributed by atoms with E-state index in [-0.39, 0.29) is 5.54 Å². The molecule has 27 heavy (non-hydrogen) atoms. The number of aliphatic imine (C=N–C) groups is 1. The Bertz CT molecular complexity index is 893. The van der Waals surface area contributed by atoms with Gasteiger partial charge >= 0.3 is 0 Å². The second-order valence-electron chi connectivity index (χ2n) is 7.61. The molecule has 0 radical (unpaired) electrons. The molecule has 2 aromatic carbocycles. The van der Waals surface area contributed by atoms with Crippen LogP contribution in [-0.2, 0) is 0 Å². The summed E-state index contributed by atoms with van der Waals surface area (Å²) < 4.78 is 5.69. The summed E-state index contributed by atoms with van der Waals surface area (Å²) in [7, 11) is 0. The van der Waals surface area contributed by atoms with Gasteiger partial charge in [-0.15, -0.1) is 0 Å². The van der Waals surface area contributed by atoms with E-state index in [4.69, 9.17) is 9.73 Å². The van der Waals surface area contributed by atoms with Gasteiger partial charge in [-0.1, -0.05) is 18.2 Å². The van der Waals surface area contributed by atoms with Crippen molar-refractivity contribution in [2.75, 3.05) is 18.1 Å². The van der Waals surface area contributed by atoms with Crippen molar-refractivity contribution in [3.05, 3.63) is 59.2 Å². The average molecular weight is 363 g/mol. The van der Waals surface area contributed by atoms with Crippen molar-refractivity contribution in [1.82, 2.24) is 0 Å². The normalized spacial score (nSPS) is 15.6. The Morgan fingerprint density at radius 2 is 1.85 bits per heavy atom. The minimum Gasteiger partial charge on any atom is -0.492 e. The molecule has 1 heterocycles. The minimum absolute atomic E-state index is 0.0321. The summed E-state index contributed by atoms with van der Waals surface area (Å²) in [5, 5.41) is 0. The van der Waals surface area contributed by atoms with Gasteiger partial charge in [0.1, 0.15) is 11.4 Å². The number of benzene rings is 2. The number of hydrogen-bond donors (Lipinski definition) is 0. The van der Waals surface area contributed by atoms with Gasteiger partial charge in [0.05, 0.1) is 12.1 Å². The van der Waals surface area contributed by atoms with E-state index in [0.29, 0.717) is 6.61 Å². The molecule has 3 heteroatoms. The van der Waals surface area contributed by atoms with Crippen LogP contribution in [0.3, 0.4) is 0 Å². The van der Waals surface area contributed by atoms with E-state index in [1.165, 1.54) is 22.4 Å². The Labute approximate surface area is 163 Å². The smallest absolute Gasteiger partial charge is 0.144 e. The third-order valence-electron chi connectivity index (χ3n) is 5.19. The van der Waals surface area contributed by atoms with E-state index in [9.17, 15) is 0 Å². The number of aryl methyl sites for hydroxylation is 1. The number of nitrogens with zero attached hydrogens (tertiary/aromatic N) is 2. The number of ether oxygens (including phenoxy) is 1. The van der Waals surface area contributed by atoms with Gasteiger partial charge in [0.25, 0.3) is 0 Å². The topological polar surface area (TPSA) is 24.8 Å². The van der Waals surface area contributed by atoms with Crippen LogP contribution in [0.15, 0.2) is 47.5 Å². The molecule has 0 atom stereocenters. The molecule has 142 valence electrons. The van der Waals surface area contributed by atoms with Crippen LogP contribution in [0, 0.1) is 6.92 Å². The first-order valence-electron chi connectivity index (χ1n) is 9.75. The molecule has 3 rings (SSSR count). The zero-order valence-corrected chi connectivity index (χ0v) is 17.3. The van der Waals surface area contributed by atoms with Gasteiger partial charge < -0.3 is 9.64 Å². The van der Waals surface area contributed by atoms with E-state index in [2.05, 4.69) is 57.7 Å². The summed E-state index contributed by atoms with van der Waals surface area (Å²) in [5.74, 6) is 0.821. The van der Waals surface area contributed by atoms with Gasteiger partial charge in [0.2, 0.25) is 0 Å². The fraction of sp³-hybridized carbons (Fsp3) is 0.375. The molecule has 0 fully saturated rings. The fourth-order valence-corrected chi connectivity index (χ4v) is 3.94. The number of para-hydroxylation sites is 2. The van der Waals surface area contributed by atoms with Crippen molar-refractivity contribution in [3.8, 4) is 5.75 Å². The second-order valence-corrected chi connectivity index (χ2v) is 7.61. The molecule has 0 N–H and O–H groups in total. The zero-order valence-electron chi connectivity index (χ0n) is 17.3. The lowest BCUT2D eigenvalue weighted by atomic mass is 9.87. The van der Waals surface area contributed by atoms with Crippen LogP contribution in [0.5, 0.6) is 5.75 Å². The fourth-order valence-electron chi connectivity index (χ4n) is 3.94. The SMILES string of the molecule is CCOc1ccccc1N=Cc1cc2c(cc1C)N(CC)C(C)(C)C=C2C. The molecule has 0 bridgehead atoms. The molecule has 0 aliphatic carbocycles. The van der Waals surface area contributed by atoms with Gasteiger partial charge in [-0.25, -0.2) is 0 Å². The first-order valence-corrected chi connectivity index (χ1v) is 9.75. The Morgan fingerprint density at radius 1 is 1.11 bits per heavy atom. The minimum atomic E-state index is 0.0321. The summed E-state index contributed by atoms with van der Waals surface area (Å²) in [6.07, 6.45) is 4.32. The molecular weight excluding hydrogens is 332 g/mol. The van der Waals surface area contributed by atoms with Gasteiger partial charge in [0, 0.05) is 24.0 Å². The van der Waals surface area contributed by atoms with Crippen molar-refractivity contribution in [1.29, 1.82) is 0 Å². The number of anilines is 1. The summed E-state index contributed by atoms with van der Waals surface area (Å²) in [6, 6.07) is 12.5. The maximum Gasteiger partial charge on any atom is 0.144 e. The van der Waals surface area contributed by atoms with Crippen LogP contribution in [0.4, 0.5) is 11.4 Å². The number of allylic oxidation sites excluding steroid dienone is 1.